The Kier molecular flexibility index (Phi) is 5.37. The van der Waals surface area contributed by atoms with Crippen LogP contribution in [0.3, 0.4) is 0 Å². The van der Waals surface area contributed by atoms with Gasteiger partial charge in [-0.25, -0.2) is 0 Å². The molecule has 1 fully saturated rings. The summed E-state index contributed by atoms with van der Waals surface area (Å²) in [5, 5.41) is 5.58. The maximum Gasteiger partial charge on any atom is 0.239 e. The van der Waals surface area contributed by atoms with Crippen LogP contribution < -0.4 is 10.6 Å². The lowest BCUT2D eigenvalue weighted by molar-refractivity contribution is -0.126. The van der Waals surface area contributed by atoms with Crippen LogP contribution in [0.25, 0.3) is 0 Å². The molecule has 1 unspecified atom stereocenters. The van der Waals surface area contributed by atoms with E-state index in [2.05, 4.69) is 36.6 Å². The van der Waals surface area contributed by atoms with Crippen LogP contribution in [0, 0.1) is 5.92 Å². The van der Waals surface area contributed by atoms with Gasteiger partial charge in [-0.3, -0.25) is 9.59 Å². The third-order valence-electron chi connectivity index (χ3n) is 3.83. The first-order valence-electron chi connectivity index (χ1n) is 7.67. The molecule has 0 bridgehead atoms. The summed E-state index contributed by atoms with van der Waals surface area (Å²) >= 11 is 0. The van der Waals surface area contributed by atoms with E-state index in [1.807, 2.05) is 18.2 Å². The predicted molar refractivity (Wildman–Crippen MR) is 82.8 cm³/mol. The normalized spacial score (nSPS) is 15.6. The molecule has 1 saturated carbocycles. The monoisotopic (exact) mass is 288 g/mol. The molecule has 0 spiro atoms. The molecule has 4 heteroatoms. The summed E-state index contributed by atoms with van der Waals surface area (Å²) in [6, 6.07) is 10.4. The minimum atomic E-state index is -0.0911. The zero-order chi connectivity index (χ0) is 15.2. The van der Waals surface area contributed by atoms with Gasteiger partial charge in [0.25, 0.3) is 0 Å². The summed E-state index contributed by atoms with van der Waals surface area (Å²) in [6.07, 6.45) is 2.53. The highest BCUT2D eigenvalue weighted by Crippen LogP contribution is 2.27. The second kappa shape index (κ2) is 7.25. The number of rotatable bonds is 7. The second-order valence-corrected chi connectivity index (χ2v) is 6.08. The van der Waals surface area contributed by atoms with Gasteiger partial charge in [-0.2, -0.15) is 0 Å². The molecular weight excluding hydrogens is 264 g/mol. The first-order valence-corrected chi connectivity index (χ1v) is 7.67. The number of nitrogens with one attached hydrogen (secondary N) is 2. The molecule has 0 radical (unpaired) electrons. The first kappa shape index (κ1) is 15.5. The van der Waals surface area contributed by atoms with E-state index in [0.29, 0.717) is 18.4 Å². The highest BCUT2D eigenvalue weighted by atomic mass is 16.2. The van der Waals surface area contributed by atoms with Crippen molar-refractivity contribution >= 4 is 11.8 Å². The molecule has 1 aliphatic carbocycles. The number of hydrogen-bond donors (Lipinski definition) is 2. The number of amides is 2. The van der Waals surface area contributed by atoms with Crippen molar-refractivity contribution in [3.05, 3.63) is 35.9 Å². The minimum Gasteiger partial charge on any atom is -0.352 e. The topological polar surface area (TPSA) is 58.2 Å². The third kappa shape index (κ3) is 5.21. The first-order chi connectivity index (χ1) is 10.1. The average molecular weight is 288 g/mol. The van der Waals surface area contributed by atoms with E-state index in [4.69, 9.17) is 0 Å². The van der Waals surface area contributed by atoms with Crippen LogP contribution in [0.1, 0.15) is 44.6 Å². The van der Waals surface area contributed by atoms with Crippen molar-refractivity contribution in [2.24, 2.45) is 5.92 Å². The highest BCUT2D eigenvalue weighted by Gasteiger charge is 2.24. The predicted octanol–water partition coefficient (Wildman–Crippen LogP) is 2.21. The largest absolute Gasteiger partial charge is 0.352 e. The summed E-state index contributed by atoms with van der Waals surface area (Å²) in [5.74, 6) is 0.395. The van der Waals surface area contributed by atoms with Crippen LogP contribution in [0.4, 0.5) is 0 Å². The smallest absolute Gasteiger partial charge is 0.239 e. The summed E-state index contributed by atoms with van der Waals surface area (Å²) in [6.45, 7) is 4.31. The number of hydrogen-bond acceptors (Lipinski definition) is 2. The van der Waals surface area contributed by atoms with Gasteiger partial charge in [0.15, 0.2) is 0 Å². The van der Waals surface area contributed by atoms with Crippen molar-refractivity contribution in [2.45, 2.75) is 45.1 Å². The fourth-order valence-corrected chi connectivity index (χ4v) is 2.40. The van der Waals surface area contributed by atoms with Crippen molar-refractivity contribution in [3.63, 3.8) is 0 Å². The van der Waals surface area contributed by atoms with Gasteiger partial charge in [-0.15, -0.1) is 0 Å². The van der Waals surface area contributed by atoms with E-state index < -0.39 is 0 Å². The molecule has 2 amide bonds. The molecule has 1 aliphatic rings. The van der Waals surface area contributed by atoms with Crippen LogP contribution in [0.2, 0.25) is 0 Å². The van der Waals surface area contributed by atoms with Crippen LogP contribution in [0.15, 0.2) is 30.3 Å². The van der Waals surface area contributed by atoms with Crippen LogP contribution in [0.5, 0.6) is 0 Å². The minimum absolute atomic E-state index is 0.0662. The van der Waals surface area contributed by atoms with Gasteiger partial charge in [-0.1, -0.05) is 44.2 Å². The lowest BCUT2D eigenvalue weighted by Crippen LogP contribution is -2.38. The Hall–Kier alpha value is -1.84. The van der Waals surface area contributed by atoms with E-state index in [9.17, 15) is 9.59 Å². The molecule has 0 aliphatic heterocycles. The van der Waals surface area contributed by atoms with Crippen molar-refractivity contribution in [1.29, 1.82) is 0 Å². The summed E-state index contributed by atoms with van der Waals surface area (Å²) < 4.78 is 0. The van der Waals surface area contributed by atoms with Gasteiger partial charge in [0.2, 0.25) is 11.8 Å². The number of benzene rings is 1. The van der Waals surface area contributed by atoms with Crippen molar-refractivity contribution in [3.8, 4) is 0 Å². The van der Waals surface area contributed by atoms with Gasteiger partial charge in [0.1, 0.15) is 0 Å². The summed E-state index contributed by atoms with van der Waals surface area (Å²) in [7, 11) is 0. The van der Waals surface area contributed by atoms with Crippen LogP contribution in [-0.4, -0.2) is 24.4 Å². The number of carbonyl (C=O) groups excluding carboxylic acids is 2. The Bertz CT molecular complexity index is 481. The average Bonchev–Trinajstić information content (AvgIpc) is 3.27. The Morgan fingerprint density at radius 3 is 2.38 bits per heavy atom. The Morgan fingerprint density at radius 1 is 1.14 bits per heavy atom. The van der Waals surface area contributed by atoms with Gasteiger partial charge < -0.3 is 10.6 Å². The van der Waals surface area contributed by atoms with Gasteiger partial charge in [-0.05, 0) is 30.2 Å². The van der Waals surface area contributed by atoms with Crippen LogP contribution >= 0.6 is 0 Å². The molecule has 0 heterocycles. The number of carbonyl (C=O) groups is 2. The molecule has 0 saturated heterocycles. The molecule has 1 aromatic rings. The molecule has 1 atom stereocenters. The van der Waals surface area contributed by atoms with Gasteiger partial charge >= 0.3 is 0 Å². The molecule has 2 rings (SSSR count). The Labute approximate surface area is 126 Å². The fraction of sp³-hybridized carbons (Fsp3) is 0.529. The van der Waals surface area contributed by atoms with Crippen molar-refractivity contribution in [1.82, 2.24) is 10.6 Å². The maximum absolute atomic E-state index is 12.0. The van der Waals surface area contributed by atoms with E-state index in [1.165, 1.54) is 5.56 Å². The van der Waals surface area contributed by atoms with Crippen LogP contribution in [-0.2, 0) is 9.59 Å². The molecule has 4 nitrogen and oxygen atoms in total. The molecule has 1 aromatic carbocycles. The quantitative estimate of drug-likeness (QED) is 0.808. The van der Waals surface area contributed by atoms with Gasteiger partial charge in [0.05, 0.1) is 6.54 Å². The second-order valence-electron chi connectivity index (χ2n) is 6.08. The van der Waals surface area contributed by atoms with E-state index in [-0.39, 0.29) is 24.3 Å². The summed E-state index contributed by atoms with van der Waals surface area (Å²) in [5.41, 5.74) is 1.17. The van der Waals surface area contributed by atoms with E-state index in [0.717, 1.165) is 12.8 Å². The van der Waals surface area contributed by atoms with Crippen molar-refractivity contribution < 1.29 is 9.59 Å². The lowest BCUT2D eigenvalue weighted by Gasteiger charge is -2.20. The van der Waals surface area contributed by atoms with E-state index in [1.54, 1.807) is 0 Å². The zero-order valence-electron chi connectivity index (χ0n) is 12.8. The molecular formula is C17H24N2O2. The molecule has 0 aromatic heterocycles. The third-order valence-corrected chi connectivity index (χ3v) is 3.83. The molecule has 21 heavy (non-hydrogen) atoms. The van der Waals surface area contributed by atoms with Gasteiger partial charge in [0, 0.05) is 12.5 Å². The van der Waals surface area contributed by atoms with E-state index >= 15 is 0 Å². The highest BCUT2D eigenvalue weighted by molar-refractivity contribution is 5.85. The Morgan fingerprint density at radius 2 is 1.81 bits per heavy atom. The fourth-order valence-electron chi connectivity index (χ4n) is 2.40. The van der Waals surface area contributed by atoms with Crippen molar-refractivity contribution in [2.75, 3.05) is 6.54 Å². The standard InChI is InChI=1S/C17H24N2O2/c1-12(2)15(13-6-4-3-5-7-13)10-16(20)18-11-17(21)19-14-8-9-14/h3-7,12,14-15H,8-11H2,1-2H3,(H,18,20)(H,19,21). The summed E-state index contributed by atoms with van der Waals surface area (Å²) in [4.78, 5) is 23.6. The Balaban J connectivity index is 1.82. The zero-order valence-corrected chi connectivity index (χ0v) is 12.8. The maximum atomic E-state index is 12.0. The molecule has 2 N–H and O–H groups in total. The molecule has 114 valence electrons. The lowest BCUT2D eigenvalue weighted by atomic mass is 9.85. The SMILES string of the molecule is CC(C)C(CC(=O)NCC(=O)NC1CC1)c1ccccc1.